The van der Waals surface area contributed by atoms with E-state index >= 15 is 0 Å². The average Bonchev–Trinajstić information content (AvgIpc) is 2.65. The summed E-state index contributed by atoms with van der Waals surface area (Å²) in [6.07, 6.45) is 7.97. The minimum Gasteiger partial charge on any atom is -0.358 e. The van der Waals surface area contributed by atoms with Crippen LogP contribution >= 0.6 is 69.5 Å². The maximum Gasteiger partial charge on any atom is 0.136 e. The number of hydrogen-bond acceptors (Lipinski definition) is 6. The van der Waals surface area contributed by atoms with Crippen LogP contribution in [0.25, 0.3) is 0 Å². The number of nitrogens with zero attached hydrogens (tertiary/aromatic N) is 2. The first kappa shape index (κ1) is 21.5. The highest BCUT2D eigenvalue weighted by molar-refractivity contribution is 8.76. The Labute approximate surface area is 174 Å². The Morgan fingerprint density at radius 1 is 0.583 bits per heavy atom. The van der Waals surface area contributed by atoms with Crippen molar-refractivity contribution in [1.82, 2.24) is 9.80 Å². The molecule has 2 saturated heterocycles. The van der Waals surface area contributed by atoms with Crippen LogP contribution < -0.4 is 0 Å². The van der Waals surface area contributed by atoms with Crippen molar-refractivity contribution in [3.8, 4) is 0 Å². The predicted octanol–water partition coefficient (Wildman–Crippen LogP) is 5.38. The van der Waals surface area contributed by atoms with Crippen LogP contribution in [0.4, 0.5) is 0 Å². The minimum atomic E-state index is 1.11. The van der Waals surface area contributed by atoms with Gasteiger partial charge in [0.15, 0.2) is 0 Å². The fourth-order valence-electron chi connectivity index (χ4n) is 2.78. The molecule has 0 amide bonds. The lowest BCUT2D eigenvalue weighted by atomic mass is 10.1. The largest absolute Gasteiger partial charge is 0.358 e. The third kappa shape index (κ3) is 8.71. The van der Waals surface area contributed by atoms with Crippen LogP contribution in [0.3, 0.4) is 0 Å². The summed E-state index contributed by atoms with van der Waals surface area (Å²) >= 11 is 14.8. The molecule has 2 aliphatic heterocycles. The smallest absolute Gasteiger partial charge is 0.136 e. The Morgan fingerprint density at radius 3 is 1.33 bits per heavy atom. The van der Waals surface area contributed by atoms with Gasteiger partial charge in [0, 0.05) is 49.2 Å². The Balaban J connectivity index is 1.40. The van der Waals surface area contributed by atoms with Crippen molar-refractivity contribution in [3.05, 3.63) is 0 Å². The van der Waals surface area contributed by atoms with Crippen molar-refractivity contribution in [2.24, 2.45) is 0 Å². The number of thioether (sulfide) groups is 2. The molecule has 2 aliphatic rings. The maximum atomic E-state index is 5.53. The Bertz CT molecular complexity index is 345. The molecule has 138 valence electrons. The molecule has 0 aromatic rings. The van der Waals surface area contributed by atoms with Gasteiger partial charge >= 0.3 is 0 Å². The summed E-state index contributed by atoms with van der Waals surface area (Å²) in [5.41, 5.74) is 0. The summed E-state index contributed by atoms with van der Waals surface area (Å²) in [6, 6.07) is 0. The first-order chi connectivity index (χ1) is 11.8. The van der Waals surface area contributed by atoms with Crippen LogP contribution in [0, 0.1) is 0 Å². The molecule has 0 spiro atoms. The van der Waals surface area contributed by atoms with Gasteiger partial charge in [-0.25, -0.2) is 0 Å². The average molecular weight is 441 g/mol. The fourth-order valence-corrected chi connectivity index (χ4v) is 8.10. The molecule has 0 aromatic carbocycles. The van der Waals surface area contributed by atoms with E-state index in [9.17, 15) is 0 Å². The SMILES string of the molecule is S=C(SCCSSCCSC(=S)N1CCCCC1)N1CCCCC1. The molecule has 0 aromatic heterocycles. The minimum absolute atomic E-state index is 1.11. The highest BCUT2D eigenvalue weighted by Gasteiger charge is 2.14. The molecule has 0 bridgehead atoms. The van der Waals surface area contributed by atoms with Gasteiger partial charge in [-0.2, -0.15) is 0 Å². The maximum absolute atomic E-state index is 5.53. The van der Waals surface area contributed by atoms with Gasteiger partial charge in [-0.05, 0) is 38.5 Å². The summed E-state index contributed by atoms with van der Waals surface area (Å²) in [7, 11) is 3.95. The zero-order chi connectivity index (χ0) is 17.0. The summed E-state index contributed by atoms with van der Waals surface area (Å²) in [5.74, 6) is 4.60. The summed E-state index contributed by atoms with van der Waals surface area (Å²) in [5, 5.41) is 0. The third-order valence-electron chi connectivity index (χ3n) is 4.10. The van der Waals surface area contributed by atoms with Crippen molar-refractivity contribution < 1.29 is 0 Å². The lowest BCUT2D eigenvalue weighted by Gasteiger charge is -2.28. The van der Waals surface area contributed by atoms with Gasteiger partial charge in [0.2, 0.25) is 0 Å². The number of likely N-dealkylation sites (tertiary alicyclic amines) is 2. The molecule has 2 rings (SSSR count). The molecule has 2 heterocycles. The summed E-state index contributed by atoms with van der Waals surface area (Å²) in [6.45, 7) is 4.67. The van der Waals surface area contributed by atoms with E-state index in [4.69, 9.17) is 24.4 Å². The molecule has 2 nitrogen and oxygen atoms in total. The topological polar surface area (TPSA) is 6.48 Å². The highest BCUT2D eigenvalue weighted by Crippen LogP contribution is 2.25. The van der Waals surface area contributed by atoms with Crippen molar-refractivity contribution in [1.29, 1.82) is 0 Å². The van der Waals surface area contributed by atoms with E-state index in [-0.39, 0.29) is 0 Å². The predicted molar refractivity (Wildman–Crippen MR) is 126 cm³/mol. The van der Waals surface area contributed by atoms with Crippen molar-refractivity contribution >= 4 is 78.2 Å². The van der Waals surface area contributed by atoms with Crippen LogP contribution in [0.2, 0.25) is 0 Å². The first-order valence-corrected chi connectivity index (χ1v) is 14.1. The zero-order valence-electron chi connectivity index (χ0n) is 14.2. The van der Waals surface area contributed by atoms with E-state index in [1.807, 2.05) is 45.1 Å². The number of hydrogen-bond donors (Lipinski definition) is 0. The van der Waals surface area contributed by atoms with E-state index < -0.39 is 0 Å². The Morgan fingerprint density at radius 2 is 0.958 bits per heavy atom. The lowest BCUT2D eigenvalue weighted by molar-refractivity contribution is 0.352. The second-order valence-corrected chi connectivity index (χ2v) is 12.1. The molecule has 0 saturated carbocycles. The molecule has 0 radical (unpaired) electrons. The van der Waals surface area contributed by atoms with E-state index in [0.29, 0.717) is 0 Å². The normalized spacial score (nSPS) is 18.7. The van der Waals surface area contributed by atoms with Crippen molar-refractivity contribution in [3.63, 3.8) is 0 Å². The molecule has 0 N–H and O–H groups in total. The van der Waals surface area contributed by atoms with E-state index in [1.165, 1.54) is 76.2 Å². The van der Waals surface area contributed by atoms with Gasteiger partial charge in [-0.1, -0.05) is 69.5 Å². The quantitative estimate of drug-likeness (QED) is 0.292. The zero-order valence-corrected chi connectivity index (χ0v) is 19.1. The molecule has 0 atom stereocenters. The van der Waals surface area contributed by atoms with Gasteiger partial charge in [-0.15, -0.1) is 0 Å². The van der Waals surface area contributed by atoms with Gasteiger partial charge < -0.3 is 9.80 Å². The van der Waals surface area contributed by atoms with Gasteiger partial charge in [0.05, 0.1) is 0 Å². The molecular weight excluding hydrogens is 413 g/mol. The standard InChI is InChI=1S/C16H28N2S6/c19-15(17-7-3-1-4-8-17)21-11-13-23-24-14-12-22-16(20)18-9-5-2-6-10-18/h1-14H2. The summed E-state index contributed by atoms with van der Waals surface area (Å²) < 4.78 is 2.23. The molecular formula is C16H28N2S6. The monoisotopic (exact) mass is 440 g/mol. The van der Waals surface area contributed by atoms with E-state index in [1.54, 1.807) is 0 Å². The molecule has 0 unspecified atom stereocenters. The number of piperidine rings is 2. The van der Waals surface area contributed by atoms with E-state index in [0.717, 1.165) is 20.1 Å². The number of thiocarbonyl (C=S) groups is 2. The molecule has 0 aliphatic carbocycles. The van der Waals surface area contributed by atoms with Gasteiger partial charge in [0.25, 0.3) is 0 Å². The fraction of sp³-hybridized carbons (Fsp3) is 0.875. The second-order valence-electron chi connectivity index (χ2n) is 5.97. The number of rotatable bonds is 7. The molecule has 24 heavy (non-hydrogen) atoms. The van der Waals surface area contributed by atoms with Crippen molar-refractivity contribution in [2.45, 2.75) is 38.5 Å². The van der Waals surface area contributed by atoms with E-state index in [2.05, 4.69) is 9.80 Å². The lowest BCUT2D eigenvalue weighted by Crippen LogP contribution is -2.32. The van der Waals surface area contributed by atoms with Gasteiger partial charge in [0.1, 0.15) is 8.64 Å². The Kier molecular flexibility index (Phi) is 12.0. The third-order valence-corrected chi connectivity index (χ3v) is 10.1. The Hall–Kier alpha value is 1.18. The van der Waals surface area contributed by atoms with Crippen molar-refractivity contribution in [2.75, 3.05) is 49.2 Å². The van der Waals surface area contributed by atoms with Gasteiger partial charge in [-0.3, -0.25) is 0 Å². The highest BCUT2D eigenvalue weighted by atomic mass is 33.1. The first-order valence-electron chi connectivity index (χ1n) is 8.85. The molecule has 2 fully saturated rings. The summed E-state index contributed by atoms with van der Waals surface area (Å²) in [4.78, 5) is 4.78. The van der Waals surface area contributed by atoms with Crippen LogP contribution in [0.15, 0.2) is 0 Å². The van der Waals surface area contributed by atoms with Crippen LogP contribution in [0.1, 0.15) is 38.5 Å². The van der Waals surface area contributed by atoms with Crippen LogP contribution in [0.5, 0.6) is 0 Å². The second kappa shape index (κ2) is 13.4. The molecule has 8 heteroatoms. The van der Waals surface area contributed by atoms with Crippen LogP contribution in [-0.4, -0.2) is 67.6 Å². The van der Waals surface area contributed by atoms with Crippen LogP contribution in [-0.2, 0) is 0 Å².